The van der Waals surface area contributed by atoms with Gasteiger partial charge in [-0.2, -0.15) is 0 Å². The van der Waals surface area contributed by atoms with Gasteiger partial charge >= 0.3 is 0 Å². The second-order valence-electron chi connectivity index (χ2n) is 2.67. The second-order valence-corrected chi connectivity index (χ2v) is 2.67. The smallest absolute Gasteiger partial charge is 0.129 e. The standard InChI is InChI=1S/C9H15N3/c1-3-8-4-7-11-9(12-8)5-6-10-2/h4,7,10H,3,5-6H2,1-2H3. The van der Waals surface area contributed by atoms with Gasteiger partial charge < -0.3 is 5.32 Å². The number of nitrogens with one attached hydrogen (secondary N) is 1. The van der Waals surface area contributed by atoms with E-state index in [9.17, 15) is 0 Å². The van der Waals surface area contributed by atoms with Crippen LogP contribution in [0.15, 0.2) is 12.3 Å². The summed E-state index contributed by atoms with van der Waals surface area (Å²) in [5.41, 5.74) is 1.12. The molecule has 0 saturated carbocycles. The summed E-state index contributed by atoms with van der Waals surface area (Å²) >= 11 is 0. The Morgan fingerprint density at radius 1 is 1.50 bits per heavy atom. The summed E-state index contributed by atoms with van der Waals surface area (Å²) < 4.78 is 0. The lowest BCUT2D eigenvalue weighted by Gasteiger charge is -2.00. The number of rotatable bonds is 4. The van der Waals surface area contributed by atoms with Crippen LogP contribution in [0.3, 0.4) is 0 Å². The quantitative estimate of drug-likeness (QED) is 0.717. The highest BCUT2D eigenvalue weighted by Crippen LogP contribution is 1.96. The van der Waals surface area contributed by atoms with Crippen LogP contribution >= 0.6 is 0 Å². The molecule has 0 unspecified atom stereocenters. The molecule has 0 radical (unpaired) electrons. The Labute approximate surface area is 73.2 Å². The number of aromatic nitrogens is 2. The predicted octanol–water partition coefficient (Wildman–Crippen LogP) is 0.801. The normalized spacial score (nSPS) is 10.2. The minimum atomic E-state index is 0.907. The molecule has 1 heterocycles. The fourth-order valence-corrected chi connectivity index (χ4v) is 0.995. The Bertz CT molecular complexity index is 235. The van der Waals surface area contributed by atoms with E-state index in [1.54, 1.807) is 0 Å². The van der Waals surface area contributed by atoms with Crippen LogP contribution in [0.1, 0.15) is 18.4 Å². The van der Waals surface area contributed by atoms with E-state index in [4.69, 9.17) is 0 Å². The van der Waals surface area contributed by atoms with Crippen molar-refractivity contribution < 1.29 is 0 Å². The van der Waals surface area contributed by atoms with Crippen LogP contribution in [0, 0.1) is 0 Å². The summed E-state index contributed by atoms with van der Waals surface area (Å²) in [5, 5.41) is 3.07. The Morgan fingerprint density at radius 2 is 2.33 bits per heavy atom. The highest BCUT2D eigenvalue weighted by atomic mass is 14.9. The first-order valence-electron chi connectivity index (χ1n) is 4.32. The molecule has 0 saturated heterocycles. The molecule has 3 nitrogen and oxygen atoms in total. The molecule has 0 aromatic carbocycles. The number of aryl methyl sites for hydroxylation is 1. The molecule has 1 N–H and O–H groups in total. The average Bonchev–Trinajstić information content (AvgIpc) is 2.15. The van der Waals surface area contributed by atoms with E-state index in [0.29, 0.717) is 0 Å². The summed E-state index contributed by atoms with van der Waals surface area (Å²) in [6.45, 7) is 3.04. The van der Waals surface area contributed by atoms with Crippen molar-refractivity contribution in [3.05, 3.63) is 23.8 Å². The van der Waals surface area contributed by atoms with Gasteiger partial charge in [0.1, 0.15) is 5.82 Å². The van der Waals surface area contributed by atoms with Gasteiger partial charge in [0.2, 0.25) is 0 Å². The molecule has 0 bridgehead atoms. The molecule has 1 rings (SSSR count). The first-order chi connectivity index (χ1) is 5.86. The maximum Gasteiger partial charge on any atom is 0.129 e. The van der Waals surface area contributed by atoms with Crippen molar-refractivity contribution in [3.63, 3.8) is 0 Å². The Balaban J connectivity index is 2.60. The summed E-state index contributed by atoms with van der Waals surface area (Å²) in [6.07, 6.45) is 3.72. The molecule has 0 fully saturated rings. The van der Waals surface area contributed by atoms with Crippen molar-refractivity contribution in [3.8, 4) is 0 Å². The number of likely N-dealkylation sites (N-methyl/N-ethyl adjacent to an activating group) is 1. The molecule has 12 heavy (non-hydrogen) atoms. The molecule has 0 aliphatic carbocycles. The monoisotopic (exact) mass is 165 g/mol. The van der Waals surface area contributed by atoms with Gasteiger partial charge in [0, 0.05) is 24.9 Å². The third kappa shape index (κ3) is 2.58. The lowest BCUT2D eigenvalue weighted by atomic mass is 10.3. The van der Waals surface area contributed by atoms with Crippen LogP contribution in [0.5, 0.6) is 0 Å². The second kappa shape index (κ2) is 4.83. The Hall–Kier alpha value is -0.960. The minimum Gasteiger partial charge on any atom is -0.319 e. The Kier molecular flexibility index (Phi) is 3.67. The van der Waals surface area contributed by atoms with Gasteiger partial charge in [0.05, 0.1) is 0 Å². The molecule has 1 aromatic rings. The van der Waals surface area contributed by atoms with E-state index in [1.807, 2.05) is 19.3 Å². The first kappa shape index (κ1) is 9.13. The highest BCUT2D eigenvalue weighted by molar-refractivity contribution is 5.02. The third-order valence-electron chi connectivity index (χ3n) is 1.72. The van der Waals surface area contributed by atoms with Crippen molar-refractivity contribution >= 4 is 0 Å². The molecule has 0 aliphatic rings. The van der Waals surface area contributed by atoms with Crippen molar-refractivity contribution in [2.45, 2.75) is 19.8 Å². The van der Waals surface area contributed by atoms with Gasteiger partial charge in [-0.25, -0.2) is 9.97 Å². The fourth-order valence-electron chi connectivity index (χ4n) is 0.995. The van der Waals surface area contributed by atoms with E-state index in [1.165, 1.54) is 0 Å². The van der Waals surface area contributed by atoms with E-state index >= 15 is 0 Å². The van der Waals surface area contributed by atoms with Crippen LogP contribution < -0.4 is 5.32 Å². The lowest BCUT2D eigenvalue weighted by molar-refractivity contribution is 0.747. The Morgan fingerprint density at radius 3 is 3.00 bits per heavy atom. The predicted molar refractivity (Wildman–Crippen MR) is 49.0 cm³/mol. The van der Waals surface area contributed by atoms with Crippen LogP contribution in [-0.4, -0.2) is 23.6 Å². The molecular weight excluding hydrogens is 150 g/mol. The minimum absolute atomic E-state index is 0.907. The number of hydrogen-bond acceptors (Lipinski definition) is 3. The van der Waals surface area contributed by atoms with Crippen LogP contribution in [0.4, 0.5) is 0 Å². The van der Waals surface area contributed by atoms with Crippen molar-refractivity contribution in [2.75, 3.05) is 13.6 Å². The molecule has 0 spiro atoms. The van der Waals surface area contributed by atoms with E-state index < -0.39 is 0 Å². The highest BCUT2D eigenvalue weighted by Gasteiger charge is 1.96. The fraction of sp³-hybridized carbons (Fsp3) is 0.556. The zero-order valence-electron chi connectivity index (χ0n) is 7.67. The van der Waals surface area contributed by atoms with E-state index in [-0.39, 0.29) is 0 Å². The average molecular weight is 165 g/mol. The van der Waals surface area contributed by atoms with Gasteiger partial charge in [-0.15, -0.1) is 0 Å². The van der Waals surface area contributed by atoms with Crippen LogP contribution in [0.25, 0.3) is 0 Å². The molecular formula is C9H15N3. The van der Waals surface area contributed by atoms with Crippen LogP contribution in [0.2, 0.25) is 0 Å². The van der Waals surface area contributed by atoms with Gasteiger partial charge in [-0.1, -0.05) is 6.92 Å². The first-order valence-corrected chi connectivity index (χ1v) is 4.32. The molecule has 0 aliphatic heterocycles. The summed E-state index contributed by atoms with van der Waals surface area (Å²) in [4.78, 5) is 8.55. The summed E-state index contributed by atoms with van der Waals surface area (Å²) in [6, 6.07) is 1.96. The molecule has 66 valence electrons. The molecule has 0 atom stereocenters. The van der Waals surface area contributed by atoms with Gasteiger partial charge in [0.15, 0.2) is 0 Å². The van der Waals surface area contributed by atoms with Gasteiger partial charge in [-0.05, 0) is 19.5 Å². The summed E-state index contributed by atoms with van der Waals surface area (Å²) in [5.74, 6) is 0.934. The van der Waals surface area contributed by atoms with Crippen LogP contribution in [-0.2, 0) is 12.8 Å². The third-order valence-corrected chi connectivity index (χ3v) is 1.72. The van der Waals surface area contributed by atoms with Gasteiger partial charge in [0.25, 0.3) is 0 Å². The van der Waals surface area contributed by atoms with Gasteiger partial charge in [-0.3, -0.25) is 0 Å². The maximum absolute atomic E-state index is 4.38. The van der Waals surface area contributed by atoms with Crippen molar-refractivity contribution in [1.82, 2.24) is 15.3 Å². The zero-order chi connectivity index (χ0) is 8.81. The molecule has 3 heteroatoms. The van der Waals surface area contributed by atoms with E-state index in [2.05, 4.69) is 22.2 Å². The zero-order valence-corrected chi connectivity index (χ0v) is 7.67. The maximum atomic E-state index is 4.38. The molecule has 0 amide bonds. The van der Waals surface area contributed by atoms with E-state index in [0.717, 1.165) is 30.9 Å². The SMILES string of the molecule is CCc1ccnc(CCNC)n1. The van der Waals surface area contributed by atoms with Crippen molar-refractivity contribution in [1.29, 1.82) is 0 Å². The topological polar surface area (TPSA) is 37.8 Å². The lowest BCUT2D eigenvalue weighted by Crippen LogP contribution is -2.12. The molecule has 1 aromatic heterocycles. The number of hydrogen-bond donors (Lipinski definition) is 1. The summed E-state index contributed by atoms with van der Waals surface area (Å²) in [7, 11) is 1.93. The van der Waals surface area contributed by atoms with Crippen molar-refractivity contribution in [2.24, 2.45) is 0 Å². The number of nitrogens with zero attached hydrogens (tertiary/aromatic N) is 2. The largest absolute Gasteiger partial charge is 0.319 e.